The highest BCUT2D eigenvalue weighted by atomic mass is 32.2. The highest BCUT2D eigenvalue weighted by molar-refractivity contribution is 7.89. The van der Waals surface area contributed by atoms with E-state index < -0.39 is 16.1 Å². The minimum absolute atomic E-state index is 0.139. The number of hydrogen-bond acceptors (Lipinski definition) is 4. The summed E-state index contributed by atoms with van der Waals surface area (Å²) in [5.41, 5.74) is 0. The van der Waals surface area contributed by atoms with E-state index in [1.165, 1.54) is 19.1 Å². The molecule has 0 radical (unpaired) electrons. The summed E-state index contributed by atoms with van der Waals surface area (Å²) in [7, 11) is -3.69. The molecule has 1 aromatic rings. The van der Waals surface area contributed by atoms with Crippen molar-refractivity contribution in [1.82, 2.24) is 10.0 Å². The molecule has 0 aromatic heterocycles. The van der Waals surface area contributed by atoms with Crippen LogP contribution in [-0.2, 0) is 19.6 Å². The fourth-order valence-corrected chi connectivity index (χ4v) is 2.93. The molecule has 0 spiro atoms. The molecule has 1 unspecified atom stereocenters. The smallest absolute Gasteiger partial charge is 0.241 e. The summed E-state index contributed by atoms with van der Waals surface area (Å²) in [4.78, 5) is 12.0. The maximum absolute atomic E-state index is 12.1. The van der Waals surface area contributed by atoms with Gasteiger partial charge in [-0.1, -0.05) is 18.2 Å². The first-order valence-electron chi connectivity index (χ1n) is 7.29. The van der Waals surface area contributed by atoms with Gasteiger partial charge in [0.25, 0.3) is 0 Å². The Kier molecular flexibility index (Phi) is 7.50. The van der Waals surface area contributed by atoms with Crippen LogP contribution in [-0.4, -0.2) is 39.6 Å². The Morgan fingerprint density at radius 1 is 1.18 bits per heavy atom. The van der Waals surface area contributed by atoms with Gasteiger partial charge in [-0.2, -0.15) is 4.72 Å². The van der Waals surface area contributed by atoms with Gasteiger partial charge in [0.05, 0.1) is 17.0 Å². The number of hydrogen-bond donors (Lipinski definition) is 2. The zero-order valence-corrected chi connectivity index (χ0v) is 14.0. The standard InChI is InChI=1S/C15H24N2O4S/c1-12(2)21-11-7-10-16-15(18)13(3)17-22(19,20)14-8-5-4-6-9-14/h4-6,8-9,12-13,17H,7,10-11H2,1-3H3,(H,16,18). The second-order valence-electron chi connectivity index (χ2n) is 5.22. The molecule has 1 rings (SSSR count). The van der Waals surface area contributed by atoms with Crippen LogP contribution in [0, 0.1) is 0 Å². The summed E-state index contributed by atoms with van der Waals surface area (Å²) in [6, 6.07) is 7.12. The topological polar surface area (TPSA) is 84.5 Å². The average molecular weight is 328 g/mol. The molecule has 7 heteroatoms. The van der Waals surface area contributed by atoms with Crippen molar-refractivity contribution in [2.45, 2.75) is 44.2 Å². The van der Waals surface area contributed by atoms with Gasteiger partial charge in [0, 0.05) is 13.2 Å². The molecular weight excluding hydrogens is 304 g/mol. The first kappa shape index (κ1) is 18.6. The lowest BCUT2D eigenvalue weighted by atomic mass is 10.3. The Morgan fingerprint density at radius 3 is 2.41 bits per heavy atom. The molecular formula is C15H24N2O4S. The van der Waals surface area contributed by atoms with Crippen LogP contribution in [0.25, 0.3) is 0 Å². The van der Waals surface area contributed by atoms with E-state index in [1.54, 1.807) is 18.2 Å². The van der Waals surface area contributed by atoms with E-state index in [0.29, 0.717) is 19.6 Å². The Bertz CT molecular complexity index is 558. The third-order valence-corrected chi connectivity index (χ3v) is 4.41. The maximum Gasteiger partial charge on any atom is 0.241 e. The monoisotopic (exact) mass is 328 g/mol. The number of amides is 1. The quantitative estimate of drug-likeness (QED) is 0.669. The molecule has 0 saturated carbocycles. The van der Waals surface area contributed by atoms with E-state index in [1.807, 2.05) is 13.8 Å². The molecule has 6 nitrogen and oxygen atoms in total. The molecule has 2 N–H and O–H groups in total. The van der Waals surface area contributed by atoms with E-state index >= 15 is 0 Å². The number of carbonyl (C=O) groups is 1. The van der Waals surface area contributed by atoms with Crippen molar-refractivity contribution in [3.05, 3.63) is 30.3 Å². The van der Waals surface area contributed by atoms with Crippen molar-refractivity contribution < 1.29 is 17.9 Å². The zero-order chi connectivity index (χ0) is 16.6. The van der Waals surface area contributed by atoms with Gasteiger partial charge in [-0.05, 0) is 39.3 Å². The van der Waals surface area contributed by atoms with Gasteiger partial charge in [0.1, 0.15) is 0 Å². The molecule has 22 heavy (non-hydrogen) atoms. The fraction of sp³-hybridized carbons (Fsp3) is 0.533. The molecule has 124 valence electrons. The molecule has 1 atom stereocenters. The van der Waals surface area contributed by atoms with E-state index in [2.05, 4.69) is 10.0 Å². The lowest BCUT2D eigenvalue weighted by Crippen LogP contribution is -2.45. The van der Waals surface area contributed by atoms with Gasteiger partial charge >= 0.3 is 0 Å². The second kappa shape index (κ2) is 8.87. The van der Waals surface area contributed by atoms with Crippen LogP contribution in [0.2, 0.25) is 0 Å². The van der Waals surface area contributed by atoms with Crippen molar-refractivity contribution in [3.63, 3.8) is 0 Å². The third kappa shape index (κ3) is 6.55. The van der Waals surface area contributed by atoms with Crippen molar-refractivity contribution in [3.8, 4) is 0 Å². The lowest BCUT2D eigenvalue weighted by Gasteiger charge is -2.14. The zero-order valence-electron chi connectivity index (χ0n) is 13.2. The number of sulfonamides is 1. The maximum atomic E-state index is 12.1. The first-order valence-corrected chi connectivity index (χ1v) is 8.78. The van der Waals surface area contributed by atoms with Gasteiger partial charge in [-0.15, -0.1) is 0 Å². The summed E-state index contributed by atoms with van der Waals surface area (Å²) < 4.78 is 31.9. The van der Waals surface area contributed by atoms with Gasteiger partial charge in [-0.25, -0.2) is 8.42 Å². The Labute approximate surface area is 132 Å². The third-order valence-electron chi connectivity index (χ3n) is 2.85. The largest absolute Gasteiger partial charge is 0.379 e. The molecule has 0 aliphatic carbocycles. The predicted molar refractivity (Wildman–Crippen MR) is 84.9 cm³/mol. The second-order valence-corrected chi connectivity index (χ2v) is 6.93. The van der Waals surface area contributed by atoms with Crippen molar-refractivity contribution >= 4 is 15.9 Å². The van der Waals surface area contributed by atoms with Crippen molar-refractivity contribution in [1.29, 1.82) is 0 Å². The number of ether oxygens (including phenoxy) is 1. The number of benzene rings is 1. The Balaban J connectivity index is 2.41. The van der Waals surface area contributed by atoms with Crippen LogP contribution in [0.1, 0.15) is 27.2 Å². The molecule has 1 amide bonds. The average Bonchev–Trinajstić information content (AvgIpc) is 2.46. The number of rotatable bonds is 9. The predicted octanol–water partition coefficient (Wildman–Crippen LogP) is 1.28. The lowest BCUT2D eigenvalue weighted by molar-refractivity contribution is -0.122. The van der Waals surface area contributed by atoms with Crippen molar-refractivity contribution in [2.24, 2.45) is 0 Å². The highest BCUT2D eigenvalue weighted by Crippen LogP contribution is 2.07. The first-order chi connectivity index (χ1) is 10.3. The molecule has 1 aromatic carbocycles. The van der Waals surface area contributed by atoms with Gasteiger partial charge in [0.15, 0.2) is 0 Å². The molecule has 0 saturated heterocycles. The minimum atomic E-state index is -3.69. The highest BCUT2D eigenvalue weighted by Gasteiger charge is 2.21. The summed E-state index contributed by atoms with van der Waals surface area (Å²) in [6.07, 6.45) is 0.842. The van der Waals surface area contributed by atoms with Gasteiger partial charge < -0.3 is 10.1 Å². The molecule has 0 aliphatic heterocycles. The van der Waals surface area contributed by atoms with Crippen LogP contribution in [0.4, 0.5) is 0 Å². The fourth-order valence-electron chi connectivity index (χ4n) is 1.71. The molecule has 0 heterocycles. The van der Waals surface area contributed by atoms with E-state index in [4.69, 9.17) is 4.74 Å². The summed E-state index contributed by atoms with van der Waals surface area (Å²) in [5.74, 6) is -0.357. The number of carbonyl (C=O) groups excluding carboxylic acids is 1. The summed E-state index contributed by atoms with van der Waals surface area (Å²) >= 11 is 0. The van der Waals surface area contributed by atoms with Crippen LogP contribution < -0.4 is 10.0 Å². The number of nitrogens with one attached hydrogen (secondary N) is 2. The van der Waals surface area contributed by atoms with Crippen molar-refractivity contribution in [2.75, 3.05) is 13.2 Å². The molecule has 0 bridgehead atoms. The van der Waals surface area contributed by atoms with E-state index in [-0.39, 0.29) is 16.9 Å². The summed E-state index contributed by atoms with van der Waals surface area (Å²) in [5, 5.41) is 2.68. The van der Waals surface area contributed by atoms with Crippen LogP contribution in [0.15, 0.2) is 35.2 Å². The SMILES string of the molecule is CC(C)OCCCNC(=O)C(C)NS(=O)(=O)c1ccccc1. The van der Waals surface area contributed by atoms with Gasteiger partial charge in [0.2, 0.25) is 15.9 Å². The van der Waals surface area contributed by atoms with E-state index in [0.717, 1.165) is 0 Å². The van der Waals surface area contributed by atoms with Crippen LogP contribution in [0.3, 0.4) is 0 Å². The summed E-state index contributed by atoms with van der Waals surface area (Å²) in [6.45, 7) is 6.41. The van der Waals surface area contributed by atoms with E-state index in [9.17, 15) is 13.2 Å². The normalized spacial score (nSPS) is 13.1. The van der Waals surface area contributed by atoms with Gasteiger partial charge in [-0.3, -0.25) is 4.79 Å². The molecule has 0 fully saturated rings. The minimum Gasteiger partial charge on any atom is -0.379 e. The Morgan fingerprint density at radius 2 is 1.82 bits per heavy atom. The molecule has 0 aliphatic rings. The van der Waals surface area contributed by atoms with Crippen LogP contribution in [0.5, 0.6) is 0 Å². The Hall–Kier alpha value is -1.44. The van der Waals surface area contributed by atoms with Crippen LogP contribution >= 0.6 is 0 Å².